The number of aliphatic imine (C=N–C) groups is 1. The Morgan fingerprint density at radius 1 is 1.24 bits per heavy atom. The number of nitrogens with zero attached hydrogens (tertiary/aromatic N) is 3. The molecule has 0 fully saturated rings. The summed E-state index contributed by atoms with van der Waals surface area (Å²) in [5.41, 5.74) is 3.44. The van der Waals surface area contributed by atoms with Gasteiger partial charge in [0.1, 0.15) is 17.5 Å². The summed E-state index contributed by atoms with van der Waals surface area (Å²) < 4.78 is 0. The van der Waals surface area contributed by atoms with Crippen molar-refractivity contribution in [1.82, 2.24) is 9.97 Å². The molecule has 1 N–H and O–H groups in total. The van der Waals surface area contributed by atoms with Gasteiger partial charge in [-0.05, 0) is 38.0 Å². The molecule has 0 aliphatic carbocycles. The Kier molecular flexibility index (Phi) is 4.95. The molecule has 0 spiro atoms. The quantitative estimate of drug-likeness (QED) is 0.902. The van der Waals surface area contributed by atoms with Crippen molar-refractivity contribution in [3.05, 3.63) is 63.7 Å². The van der Waals surface area contributed by atoms with Crippen molar-refractivity contribution < 1.29 is 4.79 Å². The maximum Gasteiger partial charge on any atom is 0.165 e. The van der Waals surface area contributed by atoms with E-state index in [1.165, 1.54) is 0 Å². The van der Waals surface area contributed by atoms with Crippen molar-refractivity contribution >= 4 is 29.0 Å². The number of aromatic nitrogens is 2. The molecule has 128 valence electrons. The van der Waals surface area contributed by atoms with E-state index in [1.54, 1.807) is 6.20 Å². The molecule has 1 aliphatic heterocycles. The highest BCUT2D eigenvalue weighted by Gasteiger charge is 2.19. The normalized spacial score (nSPS) is 13.4. The second-order valence-corrected chi connectivity index (χ2v) is 6.52. The van der Waals surface area contributed by atoms with Crippen LogP contribution in [-0.2, 0) is 11.2 Å². The number of ketones is 1. The zero-order chi connectivity index (χ0) is 18.0. The molecule has 1 aliphatic rings. The Labute approximate surface area is 151 Å². The van der Waals surface area contributed by atoms with Crippen molar-refractivity contribution in [2.24, 2.45) is 4.99 Å². The molecule has 0 bridgehead atoms. The van der Waals surface area contributed by atoms with Gasteiger partial charge >= 0.3 is 0 Å². The van der Waals surface area contributed by atoms with Crippen LogP contribution in [0.2, 0.25) is 5.02 Å². The van der Waals surface area contributed by atoms with E-state index in [9.17, 15) is 4.79 Å². The van der Waals surface area contributed by atoms with Crippen LogP contribution in [0.25, 0.3) is 0 Å². The SMILES string of the molecule is Cc1cc(NC2=NC=C(C(=O)Cc3c(C)cccc3Cl)C2)nc(C)n1. The molecule has 5 nitrogen and oxygen atoms in total. The second-order valence-electron chi connectivity index (χ2n) is 6.11. The number of carbonyl (C=O) groups excluding carboxylic acids is 1. The maximum absolute atomic E-state index is 12.6. The Hall–Kier alpha value is -2.53. The van der Waals surface area contributed by atoms with E-state index in [2.05, 4.69) is 20.3 Å². The van der Waals surface area contributed by atoms with Gasteiger partial charge in [-0.1, -0.05) is 23.7 Å². The Morgan fingerprint density at radius 2 is 2.04 bits per heavy atom. The third-order valence-corrected chi connectivity index (χ3v) is 4.38. The van der Waals surface area contributed by atoms with Gasteiger partial charge in [0.25, 0.3) is 0 Å². The van der Waals surface area contributed by atoms with Crippen molar-refractivity contribution in [2.45, 2.75) is 33.6 Å². The number of carbonyl (C=O) groups is 1. The molecular weight excluding hydrogens is 336 g/mol. The highest BCUT2D eigenvalue weighted by atomic mass is 35.5. The number of nitrogens with one attached hydrogen (secondary N) is 1. The topological polar surface area (TPSA) is 67.2 Å². The first kappa shape index (κ1) is 17.3. The number of benzene rings is 1. The molecule has 3 rings (SSSR count). The predicted molar refractivity (Wildman–Crippen MR) is 100 cm³/mol. The molecule has 0 unspecified atom stereocenters. The summed E-state index contributed by atoms with van der Waals surface area (Å²) in [7, 11) is 0. The summed E-state index contributed by atoms with van der Waals surface area (Å²) in [5, 5.41) is 3.79. The lowest BCUT2D eigenvalue weighted by Gasteiger charge is -2.09. The number of Topliss-reactive ketones (excluding diaryl/α,β-unsaturated/α-hetero) is 1. The minimum absolute atomic E-state index is 0.0341. The fraction of sp³-hybridized carbons (Fsp3) is 0.263. The fourth-order valence-electron chi connectivity index (χ4n) is 2.77. The van der Waals surface area contributed by atoms with Gasteiger partial charge in [0.2, 0.25) is 0 Å². The molecule has 6 heteroatoms. The van der Waals surface area contributed by atoms with Crippen LogP contribution in [0.4, 0.5) is 5.82 Å². The van der Waals surface area contributed by atoms with E-state index in [1.807, 2.05) is 45.0 Å². The monoisotopic (exact) mass is 354 g/mol. The first-order chi connectivity index (χ1) is 11.9. The van der Waals surface area contributed by atoms with Crippen molar-refractivity contribution in [3.8, 4) is 0 Å². The number of hydrogen-bond donors (Lipinski definition) is 1. The Balaban J connectivity index is 1.64. The van der Waals surface area contributed by atoms with Gasteiger partial charge < -0.3 is 5.32 Å². The first-order valence-electron chi connectivity index (χ1n) is 8.04. The summed E-state index contributed by atoms with van der Waals surface area (Å²) in [5.74, 6) is 2.12. The molecular formula is C19H19ClN4O. The summed E-state index contributed by atoms with van der Waals surface area (Å²) in [6, 6.07) is 7.50. The van der Waals surface area contributed by atoms with Crippen LogP contribution in [0.1, 0.15) is 29.1 Å². The van der Waals surface area contributed by atoms with Crippen LogP contribution >= 0.6 is 11.6 Å². The summed E-state index contributed by atoms with van der Waals surface area (Å²) in [6.45, 7) is 5.71. The Morgan fingerprint density at radius 3 is 2.76 bits per heavy atom. The van der Waals surface area contributed by atoms with E-state index in [0.717, 1.165) is 16.8 Å². The van der Waals surface area contributed by atoms with Crippen molar-refractivity contribution in [3.63, 3.8) is 0 Å². The smallest absolute Gasteiger partial charge is 0.165 e. The maximum atomic E-state index is 12.6. The predicted octanol–water partition coefficient (Wildman–Crippen LogP) is 3.97. The summed E-state index contributed by atoms with van der Waals surface area (Å²) >= 11 is 6.22. The number of aryl methyl sites for hydroxylation is 3. The van der Waals surface area contributed by atoms with E-state index >= 15 is 0 Å². The molecule has 2 aromatic rings. The molecule has 0 amide bonds. The fourth-order valence-corrected chi connectivity index (χ4v) is 3.06. The lowest BCUT2D eigenvalue weighted by molar-refractivity contribution is -0.115. The number of halogens is 1. The van der Waals surface area contributed by atoms with Gasteiger partial charge in [-0.3, -0.25) is 4.79 Å². The van der Waals surface area contributed by atoms with Gasteiger partial charge in [-0.2, -0.15) is 0 Å². The molecule has 0 saturated carbocycles. The average Bonchev–Trinajstić information content (AvgIpc) is 2.98. The lowest BCUT2D eigenvalue weighted by atomic mass is 9.98. The van der Waals surface area contributed by atoms with Gasteiger partial charge in [-0.25, -0.2) is 15.0 Å². The highest BCUT2D eigenvalue weighted by molar-refractivity contribution is 6.31. The van der Waals surface area contributed by atoms with E-state index in [4.69, 9.17) is 11.6 Å². The van der Waals surface area contributed by atoms with E-state index < -0.39 is 0 Å². The molecule has 0 atom stereocenters. The van der Waals surface area contributed by atoms with Crippen molar-refractivity contribution in [2.75, 3.05) is 5.32 Å². The molecule has 1 aromatic carbocycles. The second kappa shape index (κ2) is 7.15. The molecule has 1 aromatic heterocycles. The minimum atomic E-state index is 0.0341. The van der Waals surface area contributed by atoms with Crippen LogP contribution in [0.5, 0.6) is 0 Å². The van der Waals surface area contributed by atoms with Crippen LogP contribution < -0.4 is 5.32 Å². The standard InChI is InChI=1S/C19H19ClN4O/c1-11-5-4-6-16(20)15(11)9-17(25)14-8-18(21-10-14)24-19-7-12(2)22-13(3)23-19/h4-7,10H,8-9H2,1-3H3,(H,21,22,23,24). The largest absolute Gasteiger partial charge is 0.328 e. The Bertz CT molecular complexity index is 862. The van der Waals surface area contributed by atoms with Crippen molar-refractivity contribution in [1.29, 1.82) is 0 Å². The number of anilines is 1. The number of amidine groups is 1. The first-order valence-corrected chi connectivity index (χ1v) is 8.42. The van der Waals surface area contributed by atoms with Crippen LogP contribution in [-0.4, -0.2) is 21.6 Å². The summed E-state index contributed by atoms with van der Waals surface area (Å²) in [6.07, 6.45) is 2.37. The summed E-state index contributed by atoms with van der Waals surface area (Å²) in [4.78, 5) is 25.5. The van der Waals surface area contributed by atoms with Gasteiger partial charge in [0.05, 0.1) is 0 Å². The third-order valence-electron chi connectivity index (χ3n) is 4.02. The number of rotatable bonds is 4. The van der Waals surface area contributed by atoms with Gasteiger partial charge in [-0.15, -0.1) is 0 Å². The van der Waals surface area contributed by atoms with Crippen LogP contribution in [0.3, 0.4) is 0 Å². The average molecular weight is 355 g/mol. The third kappa shape index (κ3) is 4.12. The molecule has 2 heterocycles. The van der Waals surface area contributed by atoms with E-state index in [0.29, 0.717) is 34.5 Å². The van der Waals surface area contributed by atoms with Gasteiger partial charge in [0, 0.05) is 41.4 Å². The van der Waals surface area contributed by atoms with Crippen LogP contribution in [0.15, 0.2) is 41.0 Å². The lowest BCUT2D eigenvalue weighted by Crippen LogP contribution is -2.15. The van der Waals surface area contributed by atoms with Crippen LogP contribution in [0, 0.1) is 20.8 Å². The molecule has 0 radical (unpaired) electrons. The molecule has 0 saturated heterocycles. The molecule has 25 heavy (non-hydrogen) atoms. The highest BCUT2D eigenvalue weighted by Crippen LogP contribution is 2.23. The van der Waals surface area contributed by atoms with E-state index in [-0.39, 0.29) is 12.2 Å². The zero-order valence-corrected chi connectivity index (χ0v) is 15.2. The van der Waals surface area contributed by atoms with Gasteiger partial charge in [0.15, 0.2) is 5.78 Å². The number of hydrogen-bond acceptors (Lipinski definition) is 5. The minimum Gasteiger partial charge on any atom is -0.328 e. The zero-order valence-electron chi connectivity index (χ0n) is 14.4.